The van der Waals surface area contributed by atoms with Crippen molar-refractivity contribution in [3.05, 3.63) is 82.2 Å². The van der Waals surface area contributed by atoms with Crippen LogP contribution in [0, 0.1) is 28.8 Å². The molecule has 0 saturated carbocycles. The molecule has 0 saturated heterocycles. The molecule has 0 aliphatic heterocycles. The normalized spacial score (nSPS) is 11.8. The van der Waals surface area contributed by atoms with Crippen LogP contribution in [0.3, 0.4) is 0 Å². The minimum atomic E-state index is -0.982. The topological polar surface area (TPSA) is 23.8 Å². The van der Waals surface area contributed by atoms with Crippen LogP contribution in [0.5, 0.6) is 0 Å². The number of hydrogen-bond acceptors (Lipinski definition) is 1. The molecule has 0 heterocycles. The fraction of sp³-hybridized carbons (Fsp3) is 0.296. The largest absolute Gasteiger partial charge is 0.206 e. The van der Waals surface area contributed by atoms with Crippen LogP contribution in [-0.2, 0) is 12.8 Å². The molecule has 1 aliphatic rings. The monoisotopic (exact) mass is 419 g/mol. The zero-order chi connectivity index (χ0) is 22.0. The van der Waals surface area contributed by atoms with Crippen molar-refractivity contribution in [2.75, 3.05) is 0 Å². The number of benzene rings is 3. The summed E-state index contributed by atoms with van der Waals surface area (Å²) in [4.78, 5) is 0. The molecule has 3 aromatic rings. The summed E-state index contributed by atoms with van der Waals surface area (Å²) >= 11 is 0. The Morgan fingerprint density at radius 3 is 2.23 bits per heavy atom. The zero-order valence-electron chi connectivity index (χ0n) is 17.6. The quantitative estimate of drug-likeness (QED) is 0.281. The smallest absolute Gasteiger partial charge is 0.144 e. The van der Waals surface area contributed by atoms with Crippen LogP contribution < -0.4 is 0 Å². The van der Waals surface area contributed by atoms with Crippen LogP contribution in [0.1, 0.15) is 61.3 Å². The highest BCUT2D eigenvalue weighted by Gasteiger charge is 2.25. The van der Waals surface area contributed by atoms with Gasteiger partial charge < -0.3 is 0 Å². The maximum Gasteiger partial charge on any atom is 0.144 e. The number of hydrogen-bond donors (Lipinski definition) is 0. The number of unbranched alkanes of at least 4 members (excludes halogenated alkanes) is 4. The number of nitriles is 1. The predicted octanol–water partition coefficient (Wildman–Crippen LogP) is 7.73. The first-order valence-electron chi connectivity index (χ1n) is 10.9. The standard InChI is InChI=1S/C27H24F3N/c1-2-3-4-5-6-7-17-8-9-20-18(12-17)13-23-22(20)11-10-21(27(23)30)19-14-25(28)24(16-31)26(29)15-19/h8-12,14-15H,2-7,13H2,1H3. The highest BCUT2D eigenvalue weighted by atomic mass is 19.1. The highest BCUT2D eigenvalue weighted by molar-refractivity contribution is 5.81. The SMILES string of the molecule is CCCCCCCc1ccc2c(c1)Cc1c-2ccc(-c2cc(F)c(C#N)c(F)c2)c1F. The van der Waals surface area contributed by atoms with Crippen molar-refractivity contribution in [1.29, 1.82) is 5.26 Å². The second kappa shape index (κ2) is 8.98. The van der Waals surface area contributed by atoms with Gasteiger partial charge in [0.05, 0.1) is 0 Å². The van der Waals surface area contributed by atoms with Gasteiger partial charge in [0.25, 0.3) is 0 Å². The molecular formula is C27H24F3N. The van der Waals surface area contributed by atoms with Gasteiger partial charge in [-0.1, -0.05) is 62.9 Å². The molecular weight excluding hydrogens is 395 g/mol. The molecule has 0 radical (unpaired) electrons. The first kappa shape index (κ1) is 21.2. The van der Waals surface area contributed by atoms with Gasteiger partial charge in [0.2, 0.25) is 0 Å². The Balaban J connectivity index is 1.59. The van der Waals surface area contributed by atoms with E-state index in [-0.39, 0.29) is 11.1 Å². The molecule has 0 bridgehead atoms. The molecule has 3 aromatic carbocycles. The fourth-order valence-electron chi connectivity index (χ4n) is 4.44. The number of aryl methyl sites for hydroxylation is 1. The molecule has 0 spiro atoms. The van der Waals surface area contributed by atoms with Gasteiger partial charge in [0.1, 0.15) is 29.1 Å². The van der Waals surface area contributed by atoms with Crippen LogP contribution in [0.25, 0.3) is 22.3 Å². The first-order chi connectivity index (χ1) is 15.0. The van der Waals surface area contributed by atoms with Gasteiger partial charge in [-0.2, -0.15) is 5.26 Å². The van der Waals surface area contributed by atoms with E-state index >= 15 is 4.39 Å². The summed E-state index contributed by atoms with van der Waals surface area (Å²) in [6, 6.07) is 13.2. The van der Waals surface area contributed by atoms with Gasteiger partial charge in [-0.25, -0.2) is 13.2 Å². The van der Waals surface area contributed by atoms with Crippen molar-refractivity contribution < 1.29 is 13.2 Å². The third-order valence-corrected chi connectivity index (χ3v) is 6.10. The van der Waals surface area contributed by atoms with Crippen molar-refractivity contribution in [1.82, 2.24) is 0 Å². The summed E-state index contributed by atoms with van der Waals surface area (Å²) in [5.41, 5.74) is 4.35. The molecule has 1 aliphatic carbocycles. The molecule has 0 N–H and O–H groups in total. The lowest BCUT2D eigenvalue weighted by Gasteiger charge is -2.10. The molecule has 0 aromatic heterocycles. The molecule has 4 rings (SSSR count). The Hall–Kier alpha value is -3.06. The van der Waals surface area contributed by atoms with E-state index in [1.165, 1.54) is 37.3 Å². The average Bonchev–Trinajstić information content (AvgIpc) is 3.12. The van der Waals surface area contributed by atoms with E-state index in [2.05, 4.69) is 25.1 Å². The lowest BCUT2D eigenvalue weighted by molar-refractivity contribution is 0.577. The van der Waals surface area contributed by atoms with E-state index in [0.717, 1.165) is 41.7 Å². The van der Waals surface area contributed by atoms with Crippen LogP contribution in [0.2, 0.25) is 0 Å². The van der Waals surface area contributed by atoms with Crippen molar-refractivity contribution >= 4 is 0 Å². The van der Waals surface area contributed by atoms with Crippen LogP contribution in [-0.4, -0.2) is 0 Å². The summed E-state index contributed by atoms with van der Waals surface area (Å²) in [5.74, 6) is -2.42. The Morgan fingerprint density at radius 2 is 1.52 bits per heavy atom. The minimum Gasteiger partial charge on any atom is -0.206 e. The number of halogens is 3. The van der Waals surface area contributed by atoms with Crippen LogP contribution >= 0.6 is 0 Å². The summed E-state index contributed by atoms with van der Waals surface area (Å²) in [5, 5.41) is 8.85. The van der Waals surface area contributed by atoms with Crippen molar-refractivity contribution in [3.63, 3.8) is 0 Å². The van der Waals surface area contributed by atoms with Gasteiger partial charge in [0, 0.05) is 17.5 Å². The fourth-order valence-corrected chi connectivity index (χ4v) is 4.44. The van der Waals surface area contributed by atoms with Crippen molar-refractivity contribution in [2.45, 2.75) is 51.9 Å². The molecule has 0 fully saturated rings. The zero-order valence-corrected chi connectivity index (χ0v) is 17.6. The second-order valence-corrected chi connectivity index (χ2v) is 8.21. The number of nitrogens with zero attached hydrogens (tertiary/aromatic N) is 1. The third kappa shape index (κ3) is 4.10. The van der Waals surface area contributed by atoms with E-state index < -0.39 is 23.0 Å². The van der Waals surface area contributed by atoms with Gasteiger partial charge in [-0.05, 0) is 52.8 Å². The van der Waals surface area contributed by atoms with Gasteiger partial charge in [0.15, 0.2) is 0 Å². The van der Waals surface area contributed by atoms with Crippen molar-refractivity contribution in [3.8, 4) is 28.3 Å². The second-order valence-electron chi connectivity index (χ2n) is 8.21. The Morgan fingerprint density at radius 1 is 0.839 bits per heavy atom. The van der Waals surface area contributed by atoms with Crippen LogP contribution in [0.4, 0.5) is 13.2 Å². The van der Waals surface area contributed by atoms with Gasteiger partial charge in [-0.3, -0.25) is 0 Å². The molecule has 0 unspecified atom stereocenters. The summed E-state index contributed by atoms with van der Waals surface area (Å²) in [6.45, 7) is 2.21. The Bertz CT molecular complexity index is 1150. The average molecular weight is 419 g/mol. The Labute approximate surface area is 181 Å². The maximum atomic E-state index is 15.4. The maximum absolute atomic E-state index is 15.4. The molecule has 0 amide bonds. The van der Waals surface area contributed by atoms with E-state index in [0.29, 0.717) is 12.0 Å². The van der Waals surface area contributed by atoms with Crippen LogP contribution in [0.15, 0.2) is 42.5 Å². The Kier molecular flexibility index (Phi) is 6.13. The lowest BCUT2D eigenvalue weighted by Crippen LogP contribution is -1.96. The first-order valence-corrected chi connectivity index (χ1v) is 10.9. The number of rotatable bonds is 7. The molecule has 4 heteroatoms. The molecule has 0 atom stereocenters. The molecule has 1 nitrogen and oxygen atoms in total. The minimum absolute atomic E-state index is 0.0954. The number of fused-ring (bicyclic) bond motifs is 3. The van der Waals surface area contributed by atoms with Gasteiger partial charge >= 0.3 is 0 Å². The molecule has 31 heavy (non-hydrogen) atoms. The highest BCUT2D eigenvalue weighted by Crippen LogP contribution is 2.41. The third-order valence-electron chi connectivity index (χ3n) is 6.10. The van der Waals surface area contributed by atoms with E-state index in [1.54, 1.807) is 6.07 Å². The van der Waals surface area contributed by atoms with E-state index in [9.17, 15) is 8.78 Å². The molecule has 158 valence electrons. The van der Waals surface area contributed by atoms with E-state index in [1.807, 2.05) is 6.07 Å². The summed E-state index contributed by atoms with van der Waals surface area (Å²) < 4.78 is 43.5. The lowest BCUT2D eigenvalue weighted by atomic mass is 9.97. The van der Waals surface area contributed by atoms with E-state index in [4.69, 9.17) is 5.26 Å². The summed E-state index contributed by atoms with van der Waals surface area (Å²) in [7, 11) is 0. The van der Waals surface area contributed by atoms with Gasteiger partial charge in [-0.15, -0.1) is 0 Å². The van der Waals surface area contributed by atoms with Crippen molar-refractivity contribution in [2.24, 2.45) is 0 Å². The summed E-state index contributed by atoms with van der Waals surface area (Å²) in [6.07, 6.45) is 7.62. The predicted molar refractivity (Wildman–Crippen MR) is 117 cm³/mol.